The van der Waals surface area contributed by atoms with Crippen LogP contribution in [-0.2, 0) is 16.1 Å². The second kappa shape index (κ2) is 4.29. The van der Waals surface area contributed by atoms with E-state index in [4.69, 9.17) is 0 Å². The van der Waals surface area contributed by atoms with Gasteiger partial charge in [-0.1, -0.05) is 0 Å². The molecular formula is C11H15NO3. The molecule has 0 aromatic carbocycles. The summed E-state index contributed by atoms with van der Waals surface area (Å²) in [5, 5.41) is 0. The van der Waals surface area contributed by atoms with Gasteiger partial charge in [0, 0.05) is 5.69 Å². The zero-order chi connectivity index (χ0) is 11.6. The van der Waals surface area contributed by atoms with E-state index in [0.717, 1.165) is 11.3 Å². The van der Waals surface area contributed by atoms with Crippen LogP contribution in [0.3, 0.4) is 0 Å². The fourth-order valence-electron chi connectivity index (χ4n) is 1.64. The maximum Gasteiger partial charge on any atom is 0.354 e. The minimum atomic E-state index is -0.401. The van der Waals surface area contributed by atoms with Gasteiger partial charge < -0.3 is 9.30 Å². The summed E-state index contributed by atoms with van der Waals surface area (Å²) < 4.78 is 6.37. The lowest BCUT2D eigenvalue weighted by Gasteiger charge is -2.08. The van der Waals surface area contributed by atoms with Crippen molar-refractivity contribution in [3.8, 4) is 0 Å². The monoisotopic (exact) mass is 209 g/mol. The number of Topliss-reactive ketones (excluding diaryl/α,β-unsaturated/α-hetero) is 1. The van der Waals surface area contributed by atoms with Crippen LogP contribution in [0.2, 0.25) is 0 Å². The summed E-state index contributed by atoms with van der Waals surface area (Å²) in [4.78, 5) is 22.6. The molecule has 0 aliphatic rings. The number of carbonyl (C=O) groups is 2. The molecule has 0 aliphatic heterocycles. The predicted molar refractivity (Wildman–Crippen MR) is 55.9 cm³/mol. The van der Waals surface area contributed by atoms with Crippen molar-refractivity contribution < 1.29 is 14.3 Å². The smallest absolute Gasteiger partial charge is 0.354 e. The summed E-state index contributed by atoms with van der Waals surface area (Å²) in [7, 11) is 1.34. The average Bonchev–Trinajstić information content (AvgIpc) is 2.40. The number of aryl methyl sites for hydroxylation is 2. The van der Waals surface area contributed by atoms with E-state index in [1.165, 1.54) is 14.0 Å². The first-order chi connectivity index (χ1) is 6.97. The number of rotatable bonds is 3. The molecule has 0 unspecified atom stereocenters. The lowest BCUT2D eigenvalue weighted by molar-refractivity contribution is -0.117. The number of nitrogens with zero attached hydrogens (tertiary/aromatic N) is 1. The summed E-state index contributed by atoms with van der Waals surface area (Å²) >= 11 is 0. The number of hydrogen-bond donors (Lipinski definition) is 0. The summed E-state index contributed by atoms with van der Waals surface area (Å²) in [6.07, 6.45) is 0. The molecule has 1 aromatic rings. The number of carbonyl (C=O) groups excluding carboxylic acids is 2. The SMILES string of the molecule is COC(=O)c1c(C)cc(C)n1CC(C)=O. The van der Waals surface area contributed by atoms with Crippen molar-refractivity contribution in [1.29, 1.82) is 0 Å². The Bertz CT molecular complexity index is 404. The molecule has 0 fully saturated rings. The van der Waals surface area contributed by atoms with Gasteiger partial charge in [-0.15, -0.1) is 0 Å². The van der Waals surface area contributed by atoms with Crippen LogP contribution in [-0.4, -0.2) is 23.4 Å². The number of aromatic nitrogens is 1. The summed E-state index contributed by atoms with van der Waals surface area (Å²) in [5.41, 5.74) is 2.19. The van der Waals surface area contributed by atoms with Gasteiger partial charge in [-0.3, -0.25) is 4.79 Å². The number of ether oxygens (including phenoxy) is 1. The Morgan fingerprint density at radius 1 is 1.40 bits per heavy atom. The normalized spacial score (nSPS) is 10.1. The average molecular weight is 209 g/mol. The standard InChI is InChI=1S/C11H15NO3/c1-7-5-8(2)12(6-9(3)13)10(7)11(14)15-4/h5H,6H2,1-4H3. The van der Waals surface area contributed by atoms with Gasteiger partial charge in [-0.25, -0.2) is 4.79 Å². The molecule has 0 N–H and O–H groups in total. The van der Waals surface area contributed by atoms with Crippen LogP contribution in [0.15, 0.2) is 6.07 Å². The molecule has 4 heteroatoms. The number of hydrogen-bond acceptors (Lipinski definition) is 3. The lowest BCUT2D eigenvalue weighted by Crippen LogP contribution is -2.16. The van der Waals surface area contributed by atoms with Gasteiger partial charge in [0.25, 0.3) is 0 Å². The molecule has 0 atom stereocenters. The zero-order valence-electron chi connectivity index (χ0n) is 9.46. The third-order valence-electron chi connectivity index (χ3n) is 2.25. The number of esters is 1. The molecule has 4 nitrogen and oxygen atoms in total. The van der Waals surface area contributed by atoms with Crippen LogP contribution >= 0.6 is 0 Å². The maximum atomic E-state index is 11.5. The predicted octanol–water partition coefficient (Wildman–Crippen LogP) is 1.48. The molecule has 1 heterocycles. The lowest BCUT2D eigenvalue weighted by atomic mass is 10.2. The van der Waals surface area contributed by atoms with E-state index < -0.39 is 5.97 Å². The van der Waals surface area contributed by atoms with Gasteiger partial charge in [0.1, 0.15) is 11.5 Å². The highest BCUT2D eigenvalue weighted by atomic mass is 16.5. The van der Waals surface area contributed by atoms with E-state index in [1.54, 1.807) is 4.57 Å². The highest BCUT2D eigenvalue weighted by molar-refractivity contribution is 5.90. The van der Waals surface area contributed by atoms with Crippen LogP contribution in [0.25, 0.3) is 0 Å². The first kappa shape index (κ1) is 11.5. The first-order valence-electron chi connectivity index (χ1n) is 4.71. The van der Waals surface area contributed by atoms with Crippen LogP contribution in [0.5, 0.6) is 0 Å². The summed E-state index contributed by atoms with van der Waals surface area (Å²) in [6.45, 7) is 5.40. The summed E-state index contributed by atoms with van der Waals surface area (Å²) in [5.74, 6) is -0.388. The van der Waals surface area contributed by atoms with E-state index in [0.29, 0.717) is 5.69 Å². The van der Waals surface area contributed by atoms with E-state index in [-0.39, 0.29) is 12.3 Å². The number of ketones is 1. The van der Waals surface area contributed by atoms with E-state index in [1.807, 2.05) is 19.9 Å². The van der Waals surface area contributed by atoms with Crippen molar-refractivity contribution in [3.63, 3.8) is 0 Å². The van der Waals surface area contributed by atoms with Crippen molar-refractivity contribution in [1.82, 2.24) is 4.57 Å². The Morgan fingerprint density at radius 3 is 2.47 bits per heavy atom. The fourth-order valence-corrected chi connectivity index (χ4v) is 1.64. The maximum absolute atomic E-state index is 11.5. The minimum Gasteiger partial charge on any atom is -0.464 e. The van der Waals surface area contributed by atoms with Crippen molar-refractivity contribution >= 4 is 11.8 Å². The van der Waals surface area contributed by atoms with Gasteiger partial charge in [0.05, 0.1) is 13.7 Å². The van der Waals surface area contributed by atoms with Gasteiger partial charge in [-0.2, -0.15) is 0 Å². The van der Waals surface area contributed by atoms with Crippen LogP contribution < -0.4 is 0 Å². The fraction of sp³-hybridized carbons (Fsp3) is 0.455. The van der Waals surface area contributed by atoms with E-state index in [9.17, 15) is 9.59 Å². The molecule has 0 saturated carbocycles. The van der Waals surface area contributed by atoms with Crippen molar-refractivity contribution in [2.45, 2.75) is 27.3 Å². The first-order valence-corrected chi connectivity index (χ1v) is 4.71. The van der Waals surface area contributed by atoms with Crippen LogP contribution in [0, 0.1) is 13.8 Å². The minimum absolute atomic E-state index is 0.0128. The quantitative estimate of drug-likeness (QED) is 0.708. The molecule has 0 amide bonds. The Kier molecular flexibility index (Phi) is 3.29. The molecule has 1 aromatic heterocycles. The molecule has 0 saturated heterocycles. The Balaban J connectivity index is 3.22. The van der Waals surface area contributed by atoms with Gasteiger partial charge in [0.15, 0.2) is 0 Å². The third-order valence-corrected chi connectivity index (χ3v) is 2.25. The second-order valence-electron chi connectivity index (χ2n) is 3.60. The molecule has 0 radical (unpaired) electrons. The third kappa shape index (κ3) is 2.26. The number of methoxy groups -OCH3 is 1. The Labute approximate surface area is 88.8 Å². The molecule has 0 aliphatic carbocycles. The Morgan fingerprint density at radius 2 is 2.00 bits per heavy atom. The van der Waals surface area contributed by atoms with Crippen molar-refractivity contribution in [2.24, 2.45) is 0 Å². The molecule has 1 rings (SSSR count). The highest BCUT2D eigenvalue weighted by Gasteiger charge is 2.18. The van der Waals surface area contributed by atoms with Gasteiger partial charge in [-0.05, 0) is 32.4 Å². The van der Waals surface area contributed by atoms with Crippen molar-refractivity contribution in [3.05, 3.63) is 23.0 Å². The second-order valence-corrected chi connectivity index (χ2v) is 3.60. The molecular weight excluding hydrogens is 194 g/mol. The molecule has 15 heavy (non-hydrogen) atoms. The Hall–Kier alpha value is -1.58. The van der Waals surface area contributed by atoms with Crippen molar-refractivity contribution in [2.75, 3.05) is 7.11 Å². The largest absolute Gasteiger partial charge is 0.464 e. The zero-order valence-corrected chi connectivity index (χ0v) is 9.46. The molecule has 0 spiro atoms. The van der Waals surface area contributed by atoms with Gasteiger partial charge >= 0.3 is 5.97 Å². The van der Waals surface area contributed by atoms with Gasteiger partial charge in [0.2, 0.25) is 0 Å². The topological polar surface area (TPSA) is 48.3 Å². The van der Waals surface area contributed by atoms with Crippen LogP contribution in [0.1, 0.15) is 28.7 Å². The molecule has 0 bridgehead atoms. The molecule has 82 valence electrons. The summed E-state index contributed by atoms with van der Waals surface area (Å²) in [6, 6.07) is 1.87. The van der Waals surface area contributed by atoms with E-state index >= 15 is 0 Å². The van der Waals surface area contributed by atoms with E-state index in [2.05, 4.69) is 4.74 Å². The highest BCUT2D eigenvalue weighted by Crippen LogP contribution is 2.15. The van der Waals surface area contributed by atoms with Crippen LogP contribution in [0.4, 0.5) is 0 Å².